The van der Waals surface area contributed by atoms with E-state index in [1.54, 1.807) is 10.9 Å². The fourth-order valence-corrected chi connectivity index (χ4v) is 4.89. The molecule has 2 fully saturated rings. The van der Waals surface area contributed by atoms with Crippen molar-refractivity contribution in [3.8, 4) is 22.5 Å². The van der Waals surface area contributed by atoms with Gasteiger partial charge in [-0.15, -0.1) is 0 Å². The average Bonchev–Trinajstić information content (AvgIpc) is 3.47. The summed E-state index contributed by atoms with van der Waals surface area (Å²) in [5.41, 5.74) is 6.94. The van der Waals surface area contributed by atoms with Gasteiger partial charge in [-0.2, -0.15) is 10.2 Å². The number of carbonyl (C=O) groups excluding carboxylic acids is 1. The number of benzene rings is 1. The van der Waals surface area contributed by atoms with E-state index in [1.165, 1.54) is 0 Å². The van der Waals surface area contributed by atoms with Crippen LogP contribution in [0.5, 0.6) is 0 Å². The molecule has 0 N–H and O–H groups in total. The summed E-state index contributed by atoms with van der Waals surface area (Å²) < 4.78 is 8.90. The summed E-state index contributed by atoms with van der Waals surface area (Å²) >= 11 is 0. The number of fused-ring (bicyclic) bond motifs is 1. The first-order chi connectivity index (χ1) is 17.0. The summed E-state index contributed by atoms with van der Waals surface area (Å²) in [4.78, 5) is 22.0. The van der Waals surface area contributed by atoms with Crippen LogP contribution in [0.15, 0.2) is 49.1 Å². The molecule has 2 saturated heterocycles. The van der Waals surface area contributed by atoms with Gasteiger partial charge in [-0.05, 0) is 30.2 Å². The molecule has 5 heterocycles. The molecule has 9 heteroatoms. The quantitative estimate of drug-likeness (QED) is 0.430. The van der Waals surface area contributed by atoms with Crippen LogP contribution in [0.3, 0.4) is 0 Å². The fraction of sp³-hybridized carbons (Fsp3) is 0.385. The second-order valence-corrected chi connectivity index (χ2v) is 9.63. The Bertz CT molecular complexity index is 1390. The van der Waals surface area contributed by atoms with Crippen molar-refractivity contribution in [2.45, 2.75) is 13.5 Å². The summed E-state index contributed by atoms with van der Waals surface area (Å²) in [6.07, 6.45) is 7.48. The minimum absolute atomic E-state index is 0.201. The van der Waals surface area contributed by atoms with Crippen LogP contribution in [0.1, 0.15) is 11.1 Å². The molecular formula is C26H29N7O2. The second-order valence-electron chi connectivity index (χ2n) is 9.63. The molecule has 35 heavy (non-hydrogen) atoms. The molecular weight excluding hydrogens is 442 g/mol. The molecule has 0 atom stereocenters. The van der Waals surface area contributed by atoms with E-state index in [2.05, 4.69) is 40.2 Å². The first kappa shape index (κ1) is 21.9. The van der Waals surface area contributed by atoms with Crippen molar-refractivity contribution in [3.63, 3.8) is 0 Å². The maximum atomic E-state index is 12.8. The van der Waals surface area contributed by atoms with Gasteiger partial charge in [-0.25, -0.2) is 9.50 Å². The molecule has 0 aliphatic carbocycles. The second kappa shape index (κ2) is 8.90. The Morgan fingerprint density at radius 1 is 1.09 bits per heavy atom. The van der Waals surface area contributed by atoms with E-state index in [-0.39, 0.29) is 5.91 Å². The van der Waals surface area contributed by atoms with Gasteiger partial charge in [0.15, 0.2) is 0 Å². The third kappa shape index (κ3) is 4.33. The largest absolute Gasteiger partial charge is 0.381 e. The van der Waals surface area contributed by atoms with E-state index in [1.807, 2.05) is 41.1 Å². The molecule has 9 nitrogen and oxygen atoms in total. The number of ether oxygens (including phenoxy) is 1. The lowest BCUT2D eigenvalue weighted by molar-refractivity contribution is -0.138. The minimum Gasteiger partial charge on any atom is -0.381 e. The SMILES string of the molecule is Cc1cc(-c2nc(-c3cnn(C)c3)cn3nccc23)ccc1CN1CCN(CC2COC2)CC1=O. The highest BCUT2D eigenvalue weighted by atomic mass is 16.5. The lowest BCUT2D eigenvalue weighted by Gasteiger charge is -2.38. The van der Waals surface area contributed by atoms with Gasteiger partial charge in [0.25, 0.3) is 0 Å². The Labute approximate surface area is 203 Å². The molecule has 0 bridgehead atoms. The van der Waals surface area contributed by atoms with Crippen LogP contribution in [0.25, 0.3) is 28.0 Å². The van der Waals surface area contributed by atoms with Gasteiger partial charge in [0.2, 0.25) is 5.91 Å². The van der Waals surface area contributed by atoms with Gasteiger partial charge in [0, 0.05) is 56.5 Å². The van der Waals surface area contributed by atoms with E-state index < -0.39 is 0 Å². The van der Waals surface area contributed by atoms with Crippen LogP contribution in [0.2, 0.25) is 0 Å². The third-order valence-electron chi connectivity index (χ3n) is 6.99. The maximum Gasteiger partial charge on any atom is 0.237 e. The maximum absolute atomic E-state index is 12.8. The van der Waals surface area contributed by atoms with E-state index >= 15 is 0 Å². The van der Waals surface area contributed by atoms with Crippen molar-refractivity contribution in [1.29, 1.82) is 0 Å². The van der Waals surface area contributed by atoms with Gasteiger partial charge >= 0.3 is 0 Å². The van der Waals surface area contributed by atoms with E-state index in [0.29, 0.717) is 19.0 Å². The number of hydrogen-bond donors (Lipinski definition) is 0. The van der Waals surface area contributed by atoms with Gasteiger partial charge in [0.1, 0.15) is 0 Å². The molecule has 1 amide bonds. The van der Waals surface area contributed by atoms with E-state index in [0.717, 1.165) is 72.0 Å². The van der Waals surface area contributed by atoms with Crippen LogP contribution in [-0.4, -0.2) is 79.5 Å². The van der Waals surface area contributed by atoms with Gasteiger partial charge in [-0.3, -0.25) is 14.4 Å². The number of carbonyl (C=O) groups is 1. The van der Waals surface area contributed by atoms with Crippen LogP contribution in [0.4, 0.5) is 0 Å². The predicted octanol–water partition coefficient (Wildman–Crippen LogP) is 2.40. The molecule has 180 valence electrons. The van der Waals surface area contributed by atoms with Crippen LogP contribution in [0, 0.1) is 12.8 Å². The molecule has 0 saturated carbocycles. The smallest absolute Gasteiger partial charge is 0.237 e. The summed E-state index contributed by atoms with van der Waals surface area (Å²) in [6.45, 7) is 7.53. The summed E-state index contributed by atoms with van der Waals surface area (Å²) in [7, 11) is 1.90. The zero-order chi connectivity index (χ0) is 23.9. The Hall–Kier alpha value is -3.56. The summed E-state index contributed by atoms with van der Waals surface area (Å²) in [5, 5.41) is 8.73. The number of amides is 1. The van der Waals surface area contributed by atoms with Crippen molar-refractivity contribution in [1.82, 2.24) is 34.2 Å². The summed E-state index contributed by atoms with van der Waals surface area (Å²) in [6, 6.07) is 8.37. The van der Waals surface area contributed by atoms with E-state index in [9.17, 15) is 4.79 Å². The molecule has 1 aromatic carbocycles. The molecule has 2 aliphatic heterocycles. The molecule has 0 radical (unpaired) electrons. The highest BCUT2D eigenvalue weighted by Crippen LogP contribution is 2.28. The van der Waals surface area contributed by atoms with Crippen LogP contribution >= 0.6 is 0 Å². The summed E-state index contributed by atoms with van der Waals surface area (Å²) in [5.74, 6) is 0.781. The first-order valence-electron chi connectivity index (χ1n) is 12.0. The average molecular weight is 472 g/mol. The lowest BCUT2D eigenvalue weighted by atomic mass is 10.0. The van der Waals surface area contributed by atoms with Gasteiger partial charge in [-0.1, -0.05) is 12.1 Å². The molecule has 6 rings (SSSR count). The van der Waals surface area contributed by atoms with Crippen molar-refractivity contribution in [3.05, 3.63) is 60.2 Å². The molecule has 4 aromatic rings. The van der Waals surface area contributed by atoms with Gasteiger partial charge < -0.3 is 9.64 Å². The molecule has 0 spiro atoms. The van der Waals surface area contributed by atoms with Crippen molar-refractivity contribution in [2.24, 2.45) is 13.0 Å². The van der Waals surface area contributed by atoms with Gasteiger partial charge in [0.05, 0.1) is 55.3 Å². The Kier molecular flexibility index (Phi) is 5.58. The number of hydrogen-bond acceptors (Lipinski definition) is 6. The van der Waals surface area contributed by atoms with Crippen molar-refractivity contribution >= 4 is 11.4 Å². The molecule has 2 aliphatic rings. The zero-order valence-electron chi connectivity index (χ0n) is 20.1. The standard InChI is InChI=1S/C26H29N7O2/c1-18-9-20(26-24-5-6-27-33(24)14-23(29-26)22-10-28-30(2)12-22)3-4-21(18)13-32-8-7-31(15-25(32)34)11-19-16-35-17-19/h3-6,9-10,12,14,19H,7-8,11,13,15-17H2,1-2H3. The number of piperazine rings is 1. The lowest BCUT2D eigenvalue weighted by Crippen LogP contribution is -2.52. The highest BCUT2D eigenvalue weighted by Gasteiger charge is 2.28. The predicted molar refractivity (Wildman–Crippen MR) is 132 cm³/mol. The monoisotopic (exact) mass is 471 g/mol. The normalized spacial score (nSPS) is 17.3. The number of aromatic nitrogens is 5. The molecule has 3 aromatic heterocycles. The topological polar surface area (TPSA) is 80.8 Å². The Balaban J connectivity index is 1.22. The van der Waals surface area contributed by atoms with Crippen LogP contribution in [-0.2, 0) is 23.1 Å². The highest BCUT2D eigenvalue weighted by molar-refractivity contribution is 5.80. The third-order valence-corrected chi connectivity index (χ3v) is 6.99. The number of nitrogens with zero attached hydrogens (tertiary/aromatic N) is 7. The van der Waals surface area contributed by atoms with E-state index in [4.69, 9.17) is 9.72 Å². The number of aryl methyl sites for hydroxylation is 2. The molecule has 0 unspecified atom stereocenters. The minimum atomic E-state index is 0.201. The fourth-order valence-electron chi connectivity index (χ4n) is 4.89. The van der Waals surface area contributed by atoms with Crippen molar-refractivity contribution in [2.75, 3.05) is 39.4 Å². The zero-order valence-corrected chi connectivity index (χ0v) is 20.1. The van der Waals surface area contributed by atoms with Crippen LogP contribution < -0.4 is 0 Å². The number of rotatable bonds is 6. The Morgan fingerprint density at radius 2 is 1.97 bits per heavy atom. The van der Waals surface area contributed by atoms with Crippen molar-refractivity contribution < 1.29 is 9.53 Å². The first-order valence-corrected chi connectivity index (χ1v) is 12.0. The Morgan fingerprint density at radius 3 is 2.69 bits per heavy atom.